The molecule has 1 saturated heterocycles. The van der Waals surface area contributed by atoms with Gasteiger partial charge >= 0.3 is 0 Å². The van der Waals surface area contributed by atoms with Crippen LogP contribution in [-0.2, 0) is 0 Å². The zero-order chi connectivity index (χ0) is 20.1. The van der Waals surface area contributed by atoms with Crippen LogP contribution < -0.4 is 0 Å². The Balaban J connectivity index is 1.72. The molecular weight excluding hydrogens is 370 g/mol. The molecule has 3 aliphatic carbocycles. The van der Waals surface area contributed by atoms with Gasteiger partial charge in [0.2, 0.25) is 0 Å². The largest absolute Gasteiger partial charge is 0.315 e. The zero-order valence-corrected chi connectivity index (χ0v) is 21.1. The number of nitrogens with zero attached hydrogens (tertiary/aromatic N) is 3. The lowest BCUT2D eigenvalue weighted by Crippen LogP contribution is -2.74. The average molecular weight is 416 g/mol. The second kappa shape index (κ2) is 10.3. The summed E-state index contributed by atoms with van der Waals surface area (Å²) in [5.74, 6) is 2.59. The van der Waals surface area contributed by atoms with E-state index in [1.54, 1.807) is 0 Å². The molecule has 0 radical (unpaired) electrons. The summed E-state index contributed by atoms with van der Waals surface area (Å²) in [5.41, 5.74) is 0.296. The van der Waals surface area contributed by atoms with Crippen LogP contribution in [0.5, 0.6) is 0 Å². The highest BCUT2D eigenvalue weighted by atomic mass is 28.2. The molecule has 0 aromatic rings. The Morgan fingerprint density at radius 2 is 1.28 bits per heavy atom. The summed E-state index contributed by atoms with van der Waals surface area (Å²) < 4.78 is 2.97. The van der Waals surface area contributed by atoms with Gasteiger partial charge in [0, 0.05) is 19.0 Å². The molecule has 4 aliphatic rings. The summed E-state index contributed by atoms with van der Waals surface area (Å²) in [4.78, 5) is 3.04. The minimum Gasteiger partial charge on any atom is -0.315 e. The summed E-state index contributed by atoms with van der Waals surface area (Å²) >= 11 is 0. The van der Waals surface area contributed by atoms with Crippen LogP contribution >= 0.6 is 0 Å². The number of hydrogen-bond donors (Lipinski definition) is 0. The van der Waals surface area contributed by atoms with Crippen molar-refractivity contribution in [3.63, 3.8) is 0 Å². The van der Waals surface area contributed by atoms with Gasteiger partial charge in [0.15, 0.2) is 0 Å². The smallest absolute Gasteiger partial charge is 0.0807 e. The zero-order valence-electron chi connectivity index (χ0n) is 19.1. The molecule has 29 heavy (non-hydrogen) atoms. The number of nitriles is 1. The first-order chi connectivity index (χ1) is 14.3. The van der Waals surface area contributed by atoms with Gasteiger partial charge in [-0.3, -0.25) is 4.90 Å². The van der Waals surface area contributed by atoms with Gasteiger partial charge in [-0.05, 0) is 69.2 Å². The van der Waals surface area contributed by atoms with E-state index in [1.807, 2.05) is 0 Å². The lowest BCUT2D eigenvalue weighted by Gasteiger charge is -2.65. The van der Waals surface area contributed by atoms with Crippen molar-refractivity contribution in [1.82, 2.24) is 9.47 Å². The Morgan fingerprint density at radius 1 is 0.759 bits per heavy atom. The van der Waals surface area contributed by atoms with Gasteiger partial charge in [-0.1, -0.05) is 57.8 Å². The molecule has 0 N–H and O–H groups in total. The maximum absolute atomic E-state index is 9.57. The quantitative estimate of drug-likeness (QED) is 0.592. The van der Waals surface area contributed by atoms with Gasteiger partial charge in [0.05, 0.1) is 22.1 Å². The average Bonchev–Trinajstić information content (AvgIpc) is 2.79. The predicted molar refractivity (Wildman–Crippen MR) is 124 cm³/mol. The van der Waals surface area contributed by atoms with Gasteiger partial charge < -0.3 is 4.57 Å². The Kier molecular flexibility index (Phi) is 7.75. The first-order valence-corrected chi connectivity index (χ1v) is 14.0. The van der Waals surface area contributed by atoms with Crippen molar-refractivity contribution >= 4 is 10.4 Å². The third kappa shape index (κ3) is 4.34. The van der Waals surface area contributed by atoms with Gasteiger partial charge in [0.1, 0.15) is 0 Å². The first-order valence-electron chi connectivity index (χ1n) is 13.1. The molecule has 0 spiro atoms. The van der Waals surface area contributed by atoms with Crippen molar-refractivity contribution in [3.8, 4) is 6.07 Å². The lowest BCUT2D eigenvalue weighted by atomic mass is 9.65. The van der Waals surface area contributed by atoms with Crippen LogP contribution in [0.25, 0.3) is 0 Å². The van der Waals surface area contributed by atoms with Gasteiger partial charge in [0.25, 0.3) is 0 Å². The second-order valence-corrected chi connectivity index (χ2v) is 11.8. The van der Waals surface area contributed by atoms with Gasteiger partial charge in [-0.25, -0.2) is 0 Å². The van der Waals surface area contributed by atoms with Crippen LogP contribution in [0.2, 0.25) is 0 Å². The van der Waals surface area contributed by atoms with E-state index in [-0.39, 0.29) is 0 Å². The summed E-state index contributed by atoms with van der Waals surface area (Å²) in [7, 11) is 1.19. The molecule has 4 fully saturated rings. The maximum Gasteiger partial charge on any atom is 0.0807 e. The van der Waals surface area contributed by atoms with Crippen LogP contribution in [0.3, 0.4) is 0 Å². The van der Waals surface area contributed by atoms with E-state index in [0.29, 0.717) is 5.66 Å². The van der Waals surface area contributed by atoms with E-state index in [1.165, 1.54) is 120 Å². The molecule has 0 amide bonds. The fourth-order valence-electron chi connectivity index (χ4n) is 8.15. The topological polar surface area (TPSA) is 30.3 Å². The molecule has 0 aromatic heterocycles. The standard InChI is InChI=1S/C25H45N3Si/c26-18-10-19-27-24(21-11-4-1-5-12-21)17-20-28(29)25(27,22-13-6-2-7-14-22)23-15-8-3-9-16-23/h21-24H,1-17,19-20H2,29H3. The fraction of sp³-hybridized carbons (Fsp3) is 0.960. The van der Waals surface area contributed by atoms with Crippen molar-refractivity contribution in [1.29, 1.82) is 5.26 Å². The SMILES string of the molecule is N#CCCN1C(C2CCCCC2)CCN([SiH3])C1(C1CCCCC1)C1CCCCC1. The highest BCUT2D eigenvalue weighted by Crippen LogP contribution is 2.52. The first kappa shape index (κ1) is 21.8. The molecule has 1 heterocycles. The van der Waals surface area contributed by atoms with Crippen molar-refractivity contribution in [3.05, 3.63) is 0 Å². The van der Waals surface area contributed by atoms with Gasteiger partial charge in [-0.2, -0.15) is 5.26 Å². The summed E-state index contributed by atoms with van der Waals surface area (Å²) in [6.07, 6.45) is 23.7. The van der Waals surface area contributed by atoms with Crippen LogP contribution in [0.15, 0.2) is 0 Å². The lowest BCUT2D eigenvalue weighted by molar-refractivity contribution is -0.174. The molecule has 3 nitrogen and oxygen atoms in total. The maximum atomic E-state index is 9.57. The Hall–Kier alpha value is -0.373. The monoisotopic (exact) mass is 415 g/mol. The molecule has 1 aliphatic heterocycles. The third-order valence-corrected chi connectivity index (χ3v) is 10.5. The van der Waals surface area contributed by atoms with E-state index < -0.39 is 0 Å². The van der Waals surface area contributed by atoms with E-state index in [2.05, 4.69) is 15.5 Å². The van der Waals surface area contributed by atoms with E-state index >= 15 is 0 Å². The Morgan fingerprint density at radius 3 is 1.79 bits per heavy atom. The van der Waals surface area contributed by atoms with Crippen LogP contribution in [0, 0.1) is 29.1 Å². The third-order valence-electron chi connectivity index (χ3n) is 9.30. The molecule has 4 rings (SSSR count). The minimum absolute atomic E-state index is 0.296. The molecule has 3 saturated carbocycles. The second-order valence-electron chi connectivity index (χ2n) is 10.7. The van der Waals surface area contributed by atoms with E-state index in [4.69, 9.17) is 0 Å². The van der Waals surface area contributed by atoms with Crippen molar-refractivity contribution in [2.24, 2.45) is 17.8 Å². The Labute approximate surface area is 183 Å². The van der Waals surface area contributed by atoms with Crippen molar-refractivity contribution < 1.29 is 0 Å². The summed E-state index contributed by atoms with van der Waals surface area (Å²) in [5, 5.41) is 9.57. The number of rotatable bonds is 5. The summed E-state index contributed by atoms with van der Waals surface area (Å²) in [6, 6.07) is 3.30. The molecule has 164 valence electrons. The van der Waals surface area contributed by atoms with Crippen molar-refractivity contribution in [2.75, 3.05) is 13.1 Å². The van der Waals surface area contributed by atoms with Gasteiger partial charge in [-0.15, -0.1) is 0 Å². The highest BCUT2D eigenvalue weighted by molar-refractivity contribution is 6.05. The normalized spacial score (nSPS) is 31.6. The van der Waals surface area contributed by atoms with Crippen LogP contribution in [-0.4, -0.2) is 44.7 Å². The molecule has 0 bridgehead atoms. The summed E-state index contributed by atoms with van der Waals surface area (Å²) in [6.45, 7) is 2.37. The van der Waals surface area contributed by atoms with Crippen LogP contribution in [0.1, 0.15) is 109 Å². The van der Waals surface area contributed by atoms with E-state index in [9.17, 15) is 5.26 Å². The molecule has 1 atom stereocenters. The van der Waals surface area contributed by atoms with E-state index in [0.717, 1.165) is 36.8 Å². The number of hydrogen-bond acceptors (Lipinski definition) is 3. The predicted octanol–water partition coefficient (Wildman–Crippen LogP) is 4.99. The highest BCUT2D eigenvalue weighted by Gasteiger charge is 2.56. The molecular formula is C25H45N3Si. The Bertz CT molecular complexity index is 523. The molecule has 1 unspecified atom stereocenters. The minimum atomic E-state index is 0.296. The van der Waals surface area contributed by atoms with Crippen LogP contribution in [0.4, 0.5) is 0 Å². The van der Waals surface area contributed by atoms with Crippen molar-refractivity contribution in [2.45, 2.75) is 121 Å². The molecule has 0 aromatic carbocycles. The molecule has 4 heteroatoms. The fourth-order valence-corrected chi connectivity index (χ4v) is 9.40.